The van der Waals surface area contributed by atoms with Crippen LogP contribution in [0.4, 0.5) is 0 Å². The number of aromatic nitrogens is 2. The van der Waals surface area contributed by atoms with E-state index >= 15 is 0 Å². The predicted molar refractivity (Wildman–Crippen MR) is 61.8 cm³/mol. The molecule has 5 heteroatoms. The molecule has 3 rings (SSSR count). The number of hydrogen-bond donors (Lipinski definition) is 1. The fraction of sp³-hybridized carbons (Fsp3) is 0.833. The fourth-order valence-electron chi connectivity index (χ4n) is 2.61. The van der Waals surface area contributed by atoms with Gasteiger partial charge in [-0.2, -0.15) is 4.98 Å². The van der Waals surface area contributed by atoms with Gasteiger partial charge in [0.05, 0.1) is 5.92 Å². The van der Waals surface area contributed by atoms with Crippen molar-refractivity contribution in [3.63, 3.8) is 0 Å². The van der Waals surface area contributed by atoms with E-state index in [1.165, 1.54) is 6.42 Å². The van der Waals surface area contributed by atoms with Gasteiger partial charge in [0.1, 0.15) is 0 Å². The molecule has 94 valence electrons. The zero-order chi connectivity index (χ0) is 11.5. The van der Waals surface area contributed by atoms with Crippen molar-refractivity contribution in [2.75, 3.05) is 26.3 Å². The van der Waals surface area contributed by atoms with E-state index in [1.807, 2.05) is 0 Å². The summed E-state index contributed by atoms with van der Waals surface area (Å²) in [6.07, 6.45) is 4.37. The molecule has 17 heavy (non-hydrogen) atoms. The molecule has 0 spiro atoms. The van der Waals surface area contributed by atoms with Gasteiger partial charge in [-0.1, -0.05) is 5.16 Å². The van der Waals surface area contributed by atoms with Gasteiger partial charge in [-0.15, -0.1) is 0 Å². The molecule has 0 aliphatic carbocycles. The summed E-state index contributed by atoms with van der Waals surface area (Å²) in [6.45, 7) is 3.77. The molecule has 1 aromatic rings. The second-order valence-electron chi connectivity index (χ2n) is 5.03. The number of nitrogens with zero attached hydrogens (tertiary/aromatic N) is 2. The lowest BCUT2D eigenvalue weighted by atomic mass is 9.98. The van der Waals surface area contributed by atoms with Crippen LogP contribution in [0.25, 0.3) is 0 Å². The van der Waals surface area contributed by atoms with Gasteiger partial charge in [-0.05, 0) is 31.7 Å². The highest BCUT2D eigenvalue weighted by molar-refractivity contribution is 4.98. The third-order valence-corrected chi connectivity index (χ3v) is 3.62. The minimum absolute atomic E-state index is 0.416. The van der Waals surface area contributed by atoms with E-state index in [0.717, 1.165) is 57.3 Å². The zero-order valence-corrected chi connectivity index (χ0v) is 10.0. The van der Waals surface area contributed by atoms with Crippen LogP contribution in [-0.2, 0) is 11.2 Å². The summed E-state index contributed by atoms with van der Waals surface area (Å²) in [6, 6.07) is 0. The first-order chi connectivity index (χ1) is 8.42. The summed E-state index contributed by atoms with van der Waals surface area (Å²) in [4.78, 5) is 4.51. The maximum atomic E-state index is 5.46. The average molecular weight is 237 g/mol. The molecular weight excluding hydrogens is 218 g/mol. The summed E-state index contributed by atoms with van der Waals surface area (Å²) >= 11 is 0. The molecule has 2 aliphatic heterocycles. The highest BCUT2D eigenvalue weighted by Gasteiger charge is 2.24. The Morgan fingerprint density at radius 2 is 2.35 bits per heavy atom. The molecule has 0 bridgehead atoms. The van der Waals surface area contributed by atoms with Gasteiger partial charge < -0.3 is 14.6 Å². The van der Waals surface area contributed by atoms with Crippen molar-refractivity contribution in [3.05, 3.63) is 11.7 Å². The second kappa shape index (κ2) is 5.14. The van der Waals surface area contributed by atoms with E-state index in [9.17, 15) is 0 Å². The Labute approximate surface area is 101 Å². The van der Waals surface area contributed by atoms with Crippen LogP contribution in [0.2, 0.25) is 0 Å². The molecule has 0 aromatic carbocycles. The summed E-state index contributed by atoms with van der Waals surface area (Å²) < 4.78 is 10.8. The standard InChI is InChI=1S/C12H19N3O2/c1-2-9(8-16-5-1)6-11-14-12(17-15-11)10-3-4-13-7-10/h9-10,13H,1-8H2. The summed E-state index contributed by atoms with van der Waals surface area (Å²) in [5.74, 6) is 2.64. The van der Waals surface area contributed by atoms with Gasteiger partial charge in [-0.25, -0.2) is 0 Å². The van der Waals surface area contributed by atoms with Gasteiger partial charge in [0.2, 0.25) is 5.89 Å². The van der Waals surface area contributed by atoms with Crippen LogP contribution in [-0.4, -0.2) is 36.4 Å². The van der Waals surface area contributed by atoms with Crippen LogP contribution in [0.3, 0.4) is 0 Å². The lowest BCUT2D eigenvalue weighted by molar-refractivity contribution is 0.0541. The Morgan fingerprint density at radius 1 is 1.35 bits per heavy atom. The van der Waals surface area contributed by atoms with Crippen LogP contribution in [0.15, 0.2) is 4.52 Å². The van der Waals surface area contributed by atoms with Gasteiger partial charge in [0.15, 0.2) is 5.82 Å². The van der Waals surface area contributed by atoms with E-state index in [4.69, 9.17) is 9.26 Å². The maximum Gasteiger partial charge on any atom is 0.231 e. The first-order valence-electron chi connectivity index (χ1n) is 6.53. The normalized spacial score (nSPS) is 29.6. The molecule has 2 saturated heterocycles. The van der Waals surface area contributed by atoms with Crippen LogP contribution in [0, 0.1) is 5.92 Å². The fourth-order valence-corrected chi connectivity index (χ4v) is 2.61. The van der Waals surface area contributed by atoms with Crippen LogP contribution >= 0.6 is 0 Å². The molecule has 1 aromatic heterocycles. The molecule has 2 unspecified atom stereocenters. The first kappa shape index (κ1) is 11.2. The first-order valence-corrected chi connectivity index (χ1v) is 6.53. The van der Waals surface area contributed by atoms with Gasteiger partial charge in [0.25, 0.3) is 0 Å². The lowest BCUT2D eigenvalue weighted by Crippen LogP contribution is -2.19. The Bertz CT molecular complexity index is 354. The highest BCUT2D eigenvalue weighted by Crippen LogP contribution is 2.22. The molecular formula is C12H19N3O2. The van der Waals surface area contributed by atoms with Crippen molar-refractivity contribution in [1.82, 2.24) is 15.5 Å². The molecule has 2 aliphatic rings. The smallest absolute Gasteiger partial charge is 0.231 e. The number of nitrogens with one attached hydrogen (secondary N) is 1. The van der Waals surface area contributed by atoms with E-state index in [-0.39, 0.29) is 0 Å². The van der Waals surface area contributed by atoms with E-state index < -0.39 is 0 Å². The summed E-state index contributed by atoms with van der Waals surface area (Å²) in [7, 11) is 0. The molecule has 0 saturated carbocycles. The topological polar surface area (TPSA) is 60.2 Å². The van der Waals surface area contributed by atoms with Gasteiger partial charge in [0, 0.05) is 26.2 Å². The van der Waals surface area contributed by atoms with Crippen LogP contribution in [0.5, 0.6) is 0 Å². The highest BCUT2D eigenvalue weighted by atomic mass is 16.5. The van der Waals surface area contributed by atoms with Crippen LogP contribution < -0.4 is 5.32 Å². The molecule has 0 amide bonds. The maximum absolute atomic E-state index is 5.46. The molecule has 2 atom stereocenters. The van der Waals surface area contributed by atoms with Crippen molar-refractivity contribution in [3.8, 4) is 0 Å². The molecule has 2 fully saturated rings. The van der Waals surface area contributed by atoms with Crippen molar-refractivity contribution < 1.29 is 9.26 Å². The third kappa shape index (κ3) is 2.66. The quantitative estimate of drug-likeness (QED) is 0.853. The molecule has 0 radical (unpaired) electrons. The van der Waals surface area contributed by atoms with Gasteiger partial charge >= 0.3 is 0 Å². The molecule has 5 nitrogen and oxygen atoms in total. The van der Waals surface area contributed by atoms with E-state index in [0.29, 0.717) is 11.8 Å². The number of hydrogen-bond acceptors (Lipinski definition) is 5. The molecule has 3 heterocycles. The summed E-state index contributed by atoms with van der Waals surface area (Å²) in [5, 5.41) is 7.40. The predicted octanol–water partition coefficient (Wildman–Crippen LogP) is 1.12. The Balaban J connectivity index is 1.59. The van der Waals surface area contributed by atoms with Crippen molar-refractivity contribution >= 4 is 0 Å². The monoisotopic (exact) mass is 237 g/mol. The van der Waals surface area contributed by atoms with Gasteiger partial charge in [-0.3, -0.25) is 0 Å². The largest absolute Gasteiger partial charge is 0.381 e. The van der Waals surface area contributed by atoms with Crippen molar-refractivity contribution in [2.24, 2.45) is 5.92 Å². The molecule has 1 N–H and O–H groups in total. The average Bonchev–Trinajstić information content (AvgIpc) is 3.00. The Hall–Kier alpha value is -0.940. The van der Waals surface area contributed by atoms with E-state index in [1.54, 1.807) is 0 Å². The second-order valence-corrected chi connectivity index (χ2v) is 5.03. The van der Waals surface area contributed by atoms with Crippen molar-refractivity contribution in [1.29, 1.82) is 0 Å². The Morgan fingerprint density at radius 3 is 3.12 bits per heavy atom. The number of ether oxygens (including phenoxy) is 1. The third-order valence-electron chi connectivity index (χ3n) is 3.62. The van der Waals surface area contributed by atoms with E-state index in [2.05, 4.69) is 15.5 Å². The van der Waals surface area contributed by atoms with Crippen LogP contribution in [0.1, 0.15) is 36.9 Å². The minimum atomic E-state index is 0.416. The number of rotatable bonds is 3. The Kier molecular flexibility index (Phi) is 3.38. The minimum Gasteiger partial charge on any atom is -0.381 e. The zero-order valence-electron chi connectivity index (χ0n) is 10.0. The lowest BCUT2D eigenvalue weighted by Gasteiger charge is -2.20. The summed E-state index contributed by atoms with van der Waals surface area (Å²) in [5.41, 5.74) is 0. The van der Waals surface area contributed by atoms with Crippen molar-refractivity contribution in [2.45, 2.75) is 31.6 Å². The SMILES string of the molecule is C1COCC(Cc2noc(C3CCNC3)n2)C1.